The van der Waals surface area contributed by atoms with Crippen molar-refractivity contribution in [1.82, 2.24) is 9.62 Å². The first-order valence-corrected chi connectivity index (χ1v) is 9.53. The van der Waals surface area contributed by atoms with Crippen molar-refractivity contribution in [1.29, 1.82) is 0 Å². The number of nitrogens with one attached hydrogen (secondary N) is 1. The number of para-hydroxylation sites is 1. The number of rotatable bonds is 7. The van der Waals surface area contributed by atoms with Gasteiger partial charge < -0.3 is 14.8 Å². The molecule has 0 atom stereocenters. The molecule has 130 valence electrons. The molecule has 0 unspecified atom stereocenters. The van der Waals surface area contributed by atoms with Crippen LogP contribution in [-0.2, 0) is 16.6 Å². The first-order valence-electron chi connectivity index (χ1n) is 7.93. The molecule has 0 bridgehead atoms. The number of sulfonamides is 1. The van der Waals surface area contributed by atoms with Crippen LogP contribution in [0.4, 0.5) is 0 Å². The molecule has 7 heteroatoms. The molecule has 1 aromatic rings. The van der Waals surface area contributed by atoms with Gasteiger partial charge in [0.1, 0.15) is 0 Å². The Morgan fingerprint density at radius 1 is 1.22 bits per heavy atom. The largest absolute Gasteiger partial charge is 0.493 e. The van der Waals surface area contributed by atoms with Crippen LogP contribution in [0, 0.1) is 0 Å². The van der Waals surface area contributed by atoms with Gasteiger partial charge in [-0.15, -0.1) is 0 Å². The Morgan fingerprint density at radius 2 is 1.91 bits per heavy atom. The minimum Gasteiger partial charge on any atom is -0.493 e. The van der Waals surface area contributed by atoms with Crippen LogP contribution in [-0.4, -0.2) is 51.8 Å². The third-order valence-corrected chi connectivity index (χ3v) is 6.16. The van der Waals surface area contributed by atoms with Crippen LogP contribution in [0.1, 0.15) is 25.3 Å². The first kappa shape index (κ1) is 18.0. The molecular formula is C16H26N2O4S. The lowest BCUT2D eigenvalue weighted by molar-refractivity contribution is 0.287. The molecule has 0 radical (unpaired) electrons. The van der Waals surface area contributed by atoms with E-state index in [1.54, 1.807) is 25.4 Å². The second-order valence-electron chi connectivity index (χ2n) is 5.61. The highest BCUT2D eigenvalue weighted by Crippen LogP contribution is 2.30. The van der Waals surface area contributed by atoms with E-state index in [1.807, 2.05) is 18.2 Å². The number of benzene rings is 1. The molecule has 1 saturated heterocycles. The monoisotopic (exact) mass is 342 g/mol. The third kappa shape index (κ3) is 4.37. The van der Waals surface area contributed by atoms with Gasteiger partial charge in [-0.1, -0.05) is 12.1 Å². The molecular weight excluding hydrogens is 316 g/mol. The molecule has 1 heterocycles. The molecule has 6 nitrogen and oxygen atoms in total. The van der Waals surface area contributed by atoms with E-state index < -0.39 is 10.0 Å². The lowest BCUT2D eigenvalue weighted by Gasteiger charge is -2.31. The van der Waals surface area contributed by atoms with Gasteiger partial charge in [0.25, 0.3) is 0 Å². The molecule has 0 spiro atoms. The van der Waals surface area contributed by atoms with Gasteiger partial charge in [-0.25, -0.2) is 12.7 Å². The van der Waals surface area contributed by atoms with Crippen LogP contribution in [0.2, 0.25) is 0 Å². The molecule has 2 rings (SSSR count). The van der Waals surface area contributed by atoms with E-state index in [2.05, 4.69) is 5.32 Å². The topological polar surface area (TPSA) is 67.9 Å². The second-order valence-corrected chi connectivity index (χ2v) is 7.87. The Kier molecular flexibility index (Phi) is 6.26. The normalized spacial score (nSPS) is 17.2. The van der Waals surface area contributed by atoms with E-state index in [0.717, 1.165) is 29.9 Å². The van der Waals surface area contributed by atoms with Crippen molar-refractivity contribution >= 4 is 10.0 Å². The van der Waals surface area contributed by atoms with Crippen LogP contribution in [0.15, 0.2) is 18.2 Å². The molecule has 23 heavy (non-hydrogen) atoms. The van der Waals surface area contributed by atoms with Crippen molar-refractivity contribution in [3.63, 3.8) is 0 Å². The highest BCUT2D eigenvalue weighted by molar-refractivity contribution is 7.89. The van der Waals surface area contributed by atoms with Crippen molar-refractivity contribution in [2.24, 2.45) is 0 Å². The zero-order chi connectivity index (χ0) is 16.9. The lowest BCUT2D eigenvalue weighted by atomic mass is 10.1. The number of hydrogen-bond acceptors (Lipinski definition) is 5. The molecule has 0 amide bonds. The summed E-state index contributed by atoms with van der Waals surface area (Å²) in [5.41, 5.74) is 1.04. The van der Waals surface area contributed by atoms with Crippen molar-refractivity contribution in [2.45, 2.75) is 32.4 Å². The van der Waals surface area contributed by atoms with E-state index in [4.69, 9.17) is 9.47 Å². The number of hydrogen-bond donors (Lipinski definition) is 1. The molecule has 0 aromatic heterocycles. The molecule has 0 saturated carbocycles. The predicted molar refractivity (Wildman–Crippen MR) is 90.4 cm³/mol. The van der Waals surface area contributed by atoms with Crippen LogP contribution >= 0.6 is 0 Å². The van der Waals surface area contributed by atoms with Gasteiger partial charge >= 0.3 is 0 Å². The number of nitrogens with zero attached hydrogens (tertiary/aromatic N) is 1. The fraction of sp³-hybridized carbons (Fsp3) is 0.625. The van der Waals surface area contributed by atoms with E-state index >= 15 is 0 Å². The Balaban J connectivity index is 1.91. The zero-order valence-corrected chi connectivity index (χ0v) is 14.9. The Morgan fingerprint density at radius 3 is 2.48 bits per heavy atom. The van der Waals surface area contributed by atoms with E-state index in [1.165, 1.54) is 0 Å². The van der Waals surface area contributed by atoms with Crippen molar-refractivity contribution in [2.75, 3.05) is 33.1 Å². The first-order chi connectivity index (χ1) is 11.0. The summed E-state index contributed by atoms with van der Waals surface area (Å²) >= 11 is 0. The zero-order valence-electron chi connectivity index (χ0n) is 14.0. The minimum atomic E-state index is -3.06. The summed E-state index contributed by atoms with van der Waals surface area (Å²) in [5, 5.41) is 3.50. The van der Waals surface area contributed by atoms with Crippen molar-refractivity contribution in [3.8, 4) is 11.5 Å². The predicted octanol–water partition coefficient (Wildman–Crippen LogP) is 1.61. The number of ether oxygens (including phenoxy) is 2. The fourth-order valence-electron chi connectivity index (χ4n) is 2.87. The SMILES string of the molecule is CCS(=O)(=O)N1CCC(NCc2cccc(OC)c2OC)CC1. The Labute approximate surface area is 138 Å². The number of piperidine rings is 1. The van der Waals surface area contributed by atoms with Crippen molar-refractivity contribution < 1.29 is 17.9 Å². The van der Waals surface area contributed by atoms with Gasteiger partial charge in [-0.3, -0.25) is 0 Å². The molecule has 1 N–H and O–H groups in total. The third-order valence-electron chi connectivity index (χ3n) is 4.28. The van der Waals surface area contributed by atoms with Crippen molar-refractivity contribution in [3.05, 3.63) is 23.8 Å². The summed E-state index contributed by atoms with van der Waals surface area (Å²) in [6.45, 7) is 3.53. The van der Waals surface area contributed by atoms with Crippen LogP contribution < -0.4 is 14.8 Å². The fourth-order valence-corrected chi connectivity index (χ4v) is 4.00. The van der Waals surface area contributed by atoms with Crippen LogP contribution in [0.25, 0.3) is 0 Å². The maximum atomic E-state index is 11.9. The van der Waals surface area contributed by atoms with E-state index in [0.29, 0.717) is 25.7 Å². The van der Waals surface area contributed by atoms with E-state index in [-0.39, 0.29) is 5.75 Å². The standard InChI is InChI=1S/C16H26N2O4S/c1-4-23(19,20)18-10-8-14(9-11-18)17-12-13-6-5-7-15(21-2)16(13)22-3/h5-7,14,17H,4,8-12H2,1-3H3. The molecule has 1 fully saturated rings. The smallest absolute Gasteiger partial charge is 0.213 e. The van der Waals surface area contributed by atoms with Gasteiger partial charge in [-0.05, 0) is 25.8 Å². The Bertz CT molecular complexity index is 611. The molecule has 1 aliphatic rings. The van der Waals surface area contributed by atoms with Crippen LogP contribution in [0.5, 0.6) is 11.5 Å². The summed E-state index contributed by atoms with van der Waals surface area (Å²) in [4.78, 5) is 0. The van der Waals surface area contributed by atoms with Gasteiger partial charge in [0.05, 0.1) is 20.0 Å². The lowest BCUT2D eigenvalue weighted by Crippen LogP contribution is -2.45. The van der Waals surface area contributed by atoms with Gasteiger partial charge in [-0.2, -0.15) is 0 Å². The number of methoxy groups -OCH3 is 2. The van der Waals surface area contributed by atoms with Gasteiger partial charge in [0, 0.05) is 31.2 Å². The minimum absolute atomic E-state index is 0.173. The second kappa shape index (κ2) is 7.99. The summed E-state index contributed by atoms with van der Waals surface area (Å²) in [7, 11) is 0.196. The quantitative estimate of drug-likeness (QED) is 0.815. The maximum absolute atomic E-state index is 11.9. The maximum Gasteiger partial charge on any atom is 0.213 e. The molecule has 0 aliphatic carbocycles. The summed E-state index contributed by atoms with van der Waals surface area (Å²) in [6, 6.07) is 6.13. The Hall–Kier alpha value is -1.31. The summed E-state index contributed by atoms with van der Waals surface area (Å²) in [5.74, 6) is 1.63. The average Bonchev–Trinajstić information content (AvgIpc) is 2.59. The molecule has 1 aromatic carbocycles. The van der Waals surface area contributed by atoms with Gasteiger partial charge in [0.2, 0.25) is 10.0 Å². The summed E-state index contributed by atoms with van der Waals surface area (Å²) < 4.78 is 36.1. The molecule has 1 aliphatic heterocycles. The highest BCUT2D eigenvalue weighted by atomic mass is 32.2. The van der Waals surface area contributed by atoms with Gasteiger partial charge in [0.15, 0.2) is 11.5 Å². The summed E-state index contributed by atoms with van der Waals surface area (Å²) in [6.07, 6.45) is 1.65. The van der Waals surface area contributed by atoms with Crippen LogP contribution in [0.3, 0.4) is 0 Å². The average molecular weight is 342 g/mol. The van der Waals surface area contributed by atoms with E-state index in [9.17, 15) is 8.42 Å². The highest BCUT2D eigenvalue weighted by Gasteiger charge is 2.26.